The Morgan fingerprint density at radius 3 is 2.26 bits per heavy atom. The third-order valence-corrected chi connectivity index (χ3v) is 3.82. The molecule has 0 bridgehead atoms. The quantitative estimate of drug-likeness (QED) is 0.728. The average Bonchev–Trinajstić information content (AvgIpc) is 3.06. The zero-order valence-electron chi connectivity index (χ0n) is 13.6. The van der Waals surface area contributed by atoms with Gasteiger partial charge < -0.3 is 14.0 Å². The predicted molar refractivity (Wildman–Crippen MR) is 87.7 cm³/mol. The first-order valence-electron chi connectivity index (χ1n) is 7.26. The standard InChI is InChI=1S/C18H18N2O3/c1-11-5-6-13(9-12(11)2)17-19-18(23-20-17)14-7-8-15(21-3)16(10-14)22-4/h5-10H,1-4H3. The molecule has 118 valence electrons. The van der Waals surface area contributed by atoms with Gasteiger partial charge in [-0.25, -0.2) is 0 Å². The second kappa shape index (κ2) is 6.12. The molecule has 0 aliphatic rings. The first-order chi connectivity index (χ1) is 11.1. The Labute approximate surface area is 134 Å². The molecule has 0 unspecified atom stereocenters. The lowest BCUT2D eigenvalue weighted by Gasteiger charge is -2.07. The highest BCUT2D eigenvalue weighted by molar-refractivity contribution is 5.63. The summed E-state index contributed by atoms with van der Waals surface area (Å²) in [5.41, 5.74) is 4.14. The smallest absolute Gasteiger partial charge is 0.258 e. The van der Waals surface area contributed by atoms with Gasteiger partial charge in [0.1, 0.15) is 0 Å². The zero-order valence-corrected chi connectivity index (χ0v) is 13.6. The largest absolute Gasteiger partial charge is 0.493 e. The molecule has 3 aromatic rings. The summed E-state index contributed by atoms with van der Waals surface area (Å²) >= 11 is 0. The first kappa shape index (κ1) is 15.1. The fourth-order valence-electron chi connectivity index (χ4n) is 2.31. The van der Waals surface area contributed by atoms with E-state index in [4.69, 9.17) is 14.0 Å². The van der Waals surface area contributed by atoms with Crippen molar-refractivity contribution in [3.63, 3.8) is 0 Å². The van der Waals surface area contributed by atoms with Gasteiger partial charge in [-0.15, -0.1) is 0 Å². The molecule has 5 nitrogen and oxygen atoms in total. The van der Waals surface area contributed by atoms with Crippen molar-refractivity contribution in [3.8, 4) is 34.3 Å². The topological polar surface area (TPSA) is 57.4 Å². The van der Waals surface area contributed by atoms with Crippen LogP contribution in [0.4, 0.5) is 0 Å². The Morgan fingerprint density at radius 1 is 0.826 bits per heavy atom. The summed E-state index contributed by atoms with van der Waals surface area (Å²) in [4.78, 5) is 4.48. The van der Waals surface area contributed by atoms with Gasteiger partial charge >= 0.3 is 0 Å². The van der Waals surface area contributed by atoms with Crippen molar-refractivity contribution in [3.05, 3.63) is 47.5 Å². The van der Waals surface area contributed by atoms with Crippen LogP contribution < -0.4 is 9.47 Å². The third kappa shape index (κ3) is 2.90. The van der Waals surface area contributed by atoms with Gasteiger partial charge in [-0.2, -0.15) is 4.98 Å². The fraction of sp³-hybridized carbons (Fsp3) is 0.222. The molecule has 23 heavy (non-hydrogen) atoms. The highest BCUT2D eigenvalue weighted by Gasteiger charge is 2.13. The van der Waals surface area contributed by atoms with Crippen molar-refractivity contribution in [2.75, 3.05) is 14.2 Å². The van der Waals surface area contributed by atoms with E-state index >= 15 is 0 Å². The van der Waals surface area contributed by atoms with Crippen molar-refractivity contribution in [1.29, 1.82) is 0 Å². The number of aromatic nitrogens is 2. The Hall–Kier alpha value is -2.82. The van der Waals surface area contributed by atoms with E-state index in [0.29, 0.717) is 23.2 Å². The number of aryl methyl sites for hydroxylation is 2. The van der Waals surface area contributed by atoms with Gasteiger partial charge in [-0.05, 0) is 49.2 Å². The summed E-state index contributed by atoms with van der Waals surface area (Å²) in [5.74, 6) is 2.29. The molecule has 0 aliphatic heterocycles. The number of hydrogen-bond donors (Lipinski definition) is 0. The van der Waals surface area contributed by atoms with Gasteiger partial charge in [-0.1, -0.05) is 17.3 Å². The Balaban J connectivity index is 1.97. The summed E-state index contributed by atoms with van der Waals surface area (Å²) < 4.78 is 15.9. The van der Waals surface area contributed by atoms with Crippen LogP contribution in [0.15, 0.2) is 40.9 Å². The lowest BCUT2D eigenvalue weighted by Crippen LogP contribution is -1.91. The molecule has 1 heterocycles. The van der Waals surface area contributed by atoms with E-state index in [1.54, 1.807) is 14.2 Å². The maximum Gasteiger partial charge on any atom is 0.258 e. The molecule has 3 rings (SSSR count). The zero-order chi connectivity index (χ0) is 16.4. The maximum atomic E-state index is 5.39. The first-order valence-corrected chi connectivity index (χ1v) is 7.26. The van der Waals surface area contributed by atoms with Crippen molar-refractivity contribution in [1.82, 2.24) is 10.1 Å². The minimum absolute atomic E-state index is 0.444. The van der Waals surface area contributed by atoms with E-state index in [-0.39, 0.29) is 0 Å². The van der Waals surface area contributed by atoms with Crippen molar-refractivity contribution < 1.29 is 14.0 Å². The molecule has 0 radical (unpaired) electrons. The number of hydrogen-bond acceptors (Lipinski definition) is 5. The van der Waals surface area contributed by atoms with Crippen molar-refractivity contribution >= 4 is 0 Å². The molecule has 2 aromatic carbocycles. The lowest BCUT2D eigenvalue weighted by molar-refractivity contribution is 0.355. The summed E-state index contributed by atoms with van der Waals surface area (Å²) in [6.07, 6.45) is 0. The van der Waals surface area contributed by atoms with Gasteiger partial charge in [0, 0.05) is 11.1 Å². The molecule has 0 saturated heterocycles. The van der Waals surface area contributed by atoms with E-state index in [1.807, 2.05) is 24.3 Å². The third-order valence-electron chi connectivity index (χ3n) is 3.82. The Kier molecular flexibility index (Phi) is 4.02. The number of ether oxygens (including phenoxy) is 2. The minimum atomic E-state index is 0.444. The maximum absolute atomic E-state index is 5.39. The molecular weight excluding hydrogens is 292 g/mol. The number of methoxy groups -OCH3 is 2. The molecule has 0 amide bonds. The van der Waals surface area contributed by atoms with Crippen molar-refractivity contribution in [2.45, 2.75) is 13.8 Å². The second-order valence-electron chi connectivity index (χ2n) is 5.29. The van der Waals surface area contributed by atoms with E-state index in [1.165, 1.54) is 11.1 Å². The SMILES string of the molecule is COc1ccc(-c2nc(-c3ccc(C)c(C)c3)no2)cc1OC. The fourth-order valence-corrected chi connectivity index (χ4v) is 2.31. The van der Waals surface area contributed by atoms with E-state index < -0.39 is 0 Å². The predicted octanol–water partition coefficient (Wildman–Crippen LogP) is 4.04. The van der Waals surface area contributed by atoms with E-state index in [2.05, 4.69) is 36.1 Å². The highest BCUT2D eigenvalue weighted by Crippen LogP contribution is 2.32. The molecule has 0 aliphatic carbocycles. The summed E-state index contributed by atoms with van der Waals surface area (Å²) in [6, 6.07) is 11.6. The normalized spacial score (nSPS) is 10.6. The van der Waals surface area contributed by atoms with Crippen LogP contribution in [0.25, 0.3) is 22.8 Å². The van der Waals surface area contributed by atoms with Gasteiger partial charge in [0.15, 0.2) is 11.5 Å². The van der Waals surface area contributed by atoms with Crippen LogP contribution in [-0.4, -0.2) is 24.4 Å². The van der Waals surface area contributed by atoms with Gasteiger partial charge in [0.2, 0.25) is 5.82 Å². The summed E-state index contributed by atoms with van der Waals surface area (Å²) in [7, 11) is 3.19. The van der Waals surface area contributed by atoms with E-state index in [0.717, 1.165) is 11.1 Å². The van der Waals surface area contributed by atoms with Gasteiger partial charge in [0.05, 0.1) is 14.2 Å². The van der Waals surface area contributed by atoms with Crippen molar-refractivity contribution in [2.24, 2.45) is 0 Å². The van der Waals surface area contributed by atoms with Crippen LogP contribution in [0.1, 0.15) is 11.1 Å². The molecular formula is C18H18N2O3. The number of nitrogens with zero attached hydrogens (tertiary/aromatic N) is 2. The van der Waals surface area contributed by atoms with E-state index in [9.17, 15) is 0 Å². The highest BCUT2D eigenvalue weighted by atomic mass is 16.5. The molecule has 0 saturated carbocycles. The molecule has 1 aromatic heterocycles. The Morgan fingerprint density at radius 2 is 1.57 bits per heavy atom. The van der Waals surface area contributed by atoms with Gasteiger partial charge in [0.25, 0.3) is 5.89 Å². The minimum Gasteiger partial charge on any atom is -0.493 e. The molecule has 0 atom stereocenters. The number of rotatable bonds is 4. The van der Waals surface area contributed by atoms with Crippen LogP contribution in [0.3, 0.4) is 0 Å². The van der Waals surface area contributed by atoms with Gasteiger partial charge in [-0.3, -0.25) is 0 Å². The average molecular weight is 310 g/mol. The second-order valence-corrected chi connectivity index (χ2v) is 5.29. The molecule has 0 fully saturated rings. The van der Waals surface area contributed by atoms with Crippen LogP contribution in [0.2, 0.25) is 0 Å². The van der Waals surface area contributed by atoms with Crippen LogP contribution >= 0.6 is 0 Å². The molecule has 0 N–H and O–H groups in total. The Bertz CT molecular complexity index is 840. The lowest BCUT2D eigenvalue weighted by atomic mass is 10.1. The summed E-state index contributed by atoms with van der Waals surface area (Å²) in [5, 5.41) is 4.07. The summed E-state index contributed by atoms with van der Waals surface area (Å²) in [6.45, 7) is 4.14. The van der Waals surface area contributed by atoms with Crippen LogP contribution in [-0.2, 0) is 0 Å². The van der Waals surface area contributed by atoms with Crippen LogP contribution in [0.5, 0.6) is 11.5 Å². The monoisotopic (exact) mass is 310 g/mol. The number of benzene rings is 2. The molecule has 5 heteroatoms. The molecule has 0 spiro atoms. The van der Waals surface area contributed by atoms with Crippen LogP contribution in [0, 0.1) is 13.8 Å².